The summed E-state index contributed by atoms with van der Waals surface area (Å²) in [7, 11) is -2.48. The van der Waals surface area contributed by atoms with Gasteiger partial charge in [-0.15, -0.1) is 11.3 Å². The number of sulfonamides is 1. The van der Waals surface area contributed by atoms with Crippen molar-refractivity contribution < 1.29 is 27.2 Å². The Morgan fingerprint density at radius 2 is 2.03 bits per heavy atom. The van der Waals surface area contributed by atoms with Crippen LogP contribution in [0, 0.1) is 5.82 Å². The Balaban J connectivity index is 1.66. The number of primary amides is 1. The number of anilines is 1. The number of nitrogens with zero attached hydrogens (tertiary/aromatic N) is 2. The molecule has 0 spiro atoms. The highest BCUT2D eigenvalue weighted by Crippen LogP contribution is 2.26. The summed E-state index contributed by atoms with van der Waals surface area (Å²) >= 11 is 7.11. The summed E-state index contributed by atoms with van der Waals surface area (Å²) in [5, 5.41) is 0. The van der Waals surface area contributed by atoms with Crippen molar-refractivity contribution >= 4 is 56.4 Å². The molecule has 2 aromatic rings. The average Bonchev–Trinajstić information content (AvgIpc) is 3.31. The SMILES string of the molecule is CN(CC(N)=O)C(=O)c1ccc(N2CC=C(NS(=O)(=O)CCc3ccc(Cl)s3)C2=O)c(F)c1. The van der Waals surface area contributed by atoms with Crippen molar-refractivity contribution in [1.82, 2.24) is 9.62 Å². The van der Waals surface area contributed by atoms with Gasteiger partial charge in [-0.05, 0) is 42.8 Å². The van der Waals surface area contributed by atoms with Gasteiger partial charge in [0.1, 0.15) is 11.5 Å². The molecule has 0 saturated carbocycles. The molecule has 33 heavy (non-hydrogen) atoms. The molecule has 0 fully saturated rings. The number of nitrogens with two attached hydrogens (primary N) is 1. The van der Waals surface area contributed by atoms with Gasteiger partial charge in [-0.3, -0.25) is 19.1 Å². The fraction of sp³-hybridized carbons (Fsp3) is 0.250. The molecule has 0 bridgehead atoms. The maximum atomic E-state index is 14.7. The number of amides is 3. The summed E-state index contributed by atoms with van der Waals surface area (Å²) < 4.78 is 42.3. The fourth-order valence-electron chi connectivity index (χ4n) is 3.12. The Labute approximate surface area is 198 Å². The molecule has 0 unspecified atom stereocenters. The van der Waals surface area contributed by atoms with Crippen molar-refractivity contribution in [2.75, 3.05) is 30.8 Å². The molecular formula is C20H20ClFN4O5S2. The number of halogens is 2. The van der Waals surface area contributed by atoms with Crippen LogP contribution in [0.15, 0.2) is 42.1 Å². The Morgan fingerprint density at radius 1 is 1.30 bits per heavy atom. The van der Waals surface area contributed by atoms with Crippen LogP contribution in [0.4, 0.5) is 10.1 Å². The van der Waals surface area contributed by atoms with Crippen molar-refractivity contribution in [3.63, 3.8) is 0 Å². The molecule has 9 nitrogen and oxygen atoms in total. The molecule has 1 aromatic heterocycles. The van der Waals surface area contributed by atoms with E-state index in [0.29, 0.717) is 4.34 Å². The number of aryl methyl sites for hydroxylation is 1. The van der Waals surface area contributed by atoms with Crippen LogP contribution < -0.4 is 15.4 Å². The third-order valence-corrected chi connectivity index (χ3v) is 7.25. The summed E-state index contributed by atoms with van der Waals surface area (Å²) in [4.78, 5) is 38.8. The monoisotopic (exact) mass is 514 g/mol. The van der Waals surface area contributed by atoms with Gasteiger partial charge in [-0.2, -0.15) is 0 Å². The van der Waals surface area contributed by atoms with Gasteiger partial charge >= 0.3 is 0 Å². The zero-order valence-electron chi connectivity index (χ0n) is 17.4. The predicted molar refractivity (Wildman–Crippen MR) is 123 cm³/mol. The van der Waals surface area contributed by atoms with E-state index in [1.165, 1.54) is 36.6 Å². The normalized spacial score (nSPS) is 13.7. The van der Waals surface area contributed by atoms with Gasteiger partial charge in [0.25, 0.3) is 11.8 Å². The third kappa shape index (κ3) is 6.09. The van der Waals surface area contributed by atoms with Crippen molar-refractivity contribution in [3.8, 4) is 0 Å². The fourth-order valence-corrected chi connectivity index (χ4v) is 5.43. The van der Waals surface area contributed by atoms with Crippen molar-refractivity contribution in [2.24, 2.45) is 5.73 Å². The smallest absolute Gasteiger partial charge is 0.275 e. The van der Waals surface area contributed by atoms with Crippen molar-refractivity contribution in [2.45, 2.75) is 6.42 Å². The van der Waals surface area contributed by atoms with Gasteiger partial charge < -0.3 is 15.5 Å². The largest absolute Gasteiger partial charge is 0.368 e. The van der Waals surface area contributed by atoms with E-state index in [2.05, 4.69) is 4.72 Å². The molecule has 0 radical (unpaired) electrons. The summed E-state index contributed by atoms with van der Waals surface area (Å²) in [5.74, 6) is -3.16. The number of benzene rings is 1. The number of carbonyl (C=O) groups is 3. The molecule has 3 N–H and O–H groups in total. The van der Waals surface area contributed by atoms with E-state index in [4.69, 9.17) is 17.3 Å². The average molecular weight is 515 g/mol. The third-order valence-electron chi connectivity index (χ3n) is 4.69. The number of hydrogen-bond acceptors (Lipinski definition) is 6. The zero-order chi connectivity index (χ0) is 24.3. The van der Waals surface area contributed by atoms with Gasteiger partial charge in [0, 0.05) is 24.0 Å². The standard InChI is InChI=1S/C20H20ClFN4O5S2/c1-25(11-18(23)27)19(28)12-2-4-16(14(22)10-12)26-8-6-15(20(26)29)24-33(30,31)9-7-13-3-5-17(21)32-13/h2-6,10,24H,7-9,11H2,1H3,(H2,23,27). The molecule has 1 aliphatic rings. The molecule has 1 aliphatic heterocycles. The Bertz CT molecular complexity index is 1240. The lowest BCUT2D eigenvalue weighted by molar-refractivity contribution is -0.118. The van der Waals surface area contributed by atoms with Gasteiger partial charge in [-0.25, -0.2) is 12.8 Å². The van der Waals surface area contributed by atoms with E-state index in [9.17, 15) is 27.2 Å². The van der Waals surface area contributed by atoms with Crippen LogP contribution >= 0.6 is 22.9 Å². The minimum Gasteiger partial charge on any atom is -0.368 e. The van der Waals surface area contributed by atoms with E-state index < -0.39 is 33.6 Å². The predicted octanol–water partition coefficient (Wildman–Crippen LogP) is 1.49. The molecule has 3 rings (SSSR count). The maximum Gasteiger partial charge on any atom is 0.275 e. The second-order valence-electron chi connectivity index (χ2n) is 7.20. The Morgan fingerprint density at radius 3 is 2.64 bits per heavy atom. The molecule has 176 valence electrons. The number of rotatable bonds is 9. The van der Waals surface area contributed by atoms with E-state index in [1.54, 1.807) is 12.1 Å². The van der Waals surface area contributed by atoms with Crippen LogP contribution in [0.2, 0.25) is 4.34 Å². The molecule has 3 amide bonds. The van der Waals surface area contributed by atoms with Crippen LogP contribution in [0.1, 0.15) is 15.2 Å². The number of thiophene rings is 1. The van der Waals surface area contributed by atoms with Crippen molar-refractivity contribution in [1.29, 1.82) is 0 Å². The quantitative estimate of drug-likeness (QED) is 0.523. The van der Waals surface area contributed by atoms with Crippen LogP contribution in [0.5, 0.6) is 0 Å². The maximum absolute atomic E-state index is 14.7. The summed E-state index contributed by atoms with van der Waals surface area (Å²) in [6.07, 6.45) is 1.58. The minimum atomic E-state index is -3.82. The molecule has 2 heterocycles. The van der Waals surface area contributed by atoms with E-state index in [1.807, 2.05) is 0 Å². The second kappa shape index (κ2) is 9.89. The Hall–Kier alpha value is -2.96. The van der Waals surface area contributed by atoms with E-state index >= 15 is 0 Å². The first-order chi connectivity index (χ1) is 15.5. The molecule has 0 aliphatic carbocycles. The summed E-state index contributed by atoms with van der Waals surface area (Å²) in [6.45, 7) is -0.386. The molecular weight excluding hydrogens is 495 g/mol. The lowest BCUT2D eigenvalue weighted by Gasteiger charge is -2.19. The van der Waals surface area contributed by atoms with Crippen LogP contribution in [-0.2, 0) is 26.0 Å². The number of carbonyl (C=O) groups excluding carboxylic acids is 3. The molecule has 0 saturated heterocycles. The lowest BCUT2D eigenvalue weighted by Crippen LogP contribution is -2.36. The van der Waals surface area contributed by atoms with Crippen molar-refractivity contribution in [3.05, 3.63) is 62.7 Å². The van der Waals surface area contributed by atoms with Gasteiger partial charge in [-0.1, -0.05) is 11.6 Å². The summed E-state index contributed by atoms with van der Waals surface area (Å²) in [5.41, 5.74) is 4.73. The molecule has 0 atom stereocenters. The van der Waals surface area contributed by atoms with E-state index in [-0.39, 0.29) is 42.2 Å². The minimum absolute atomic E-state index is 0.0331. The highest BCUT2D eigenvalue weighted by atomic mass is 35.5. The lowest BCUT2D eigenvalue weighted by atomic mass is 10.1. The van der Waals surface area contributed by atoms with E-state index in [0.717, 1.165) is 20.7 Å². The summed E-state index contributed by atoms with van der Waals surface area (Å²) in [6, 6.07) is 6.89. The first-order valence-corrected chi connectivity index (χ1v) is 12.4. The Kier molecular flexibility index (Phi) is 7.40. The van der Waals surface area contributed by atoms with Gasteiger partial charge in [0.15, 0.2) is 0 Å². The first kappa shape index (κ1) is 24.7. The zero-order valence-corrected chi connectivity index (χ0v) is 19.8. The number of likely N-dealkylation sites (N-methyl/N-ethyl adjacent to an activating group) is 1. The highest BCUT2D eigenvalue weighted by molar-refractivity contribution is 7.89. The van der Waals surface area contributed by atoms with Crippen LogP contribution in [0.25, 0.3) is 0 Å². The molecule has 13 heteroatoms. The number of hydrogen-bond donors (Lipinski definition) is 2. The molecule has 1 aromatic carbocycles. The van der Waals surface area contributed by atoms with Crippen LogP contribution in [0.3, 0.4) is 0 Å². The van der Waals surface area contributed by atoms with Gasteiger partial charge in [0.2, 0.25) is 15.9 Å². The first-order valence-electron chi connectivity index (χ1n) is 9.57. The van der Waals surface area contributed by atoms with Crippen LogP contribution in [-0.4, -0.2) is 56.9 Å². The highest BCUT2D eigenvalue weighted by Gasteiger charge is 2.30. The topological polar surface area (TPSA) is 130 Å². The number of nitrogens with one attached hydrogen (secondary N) is 1. The van der Waals surface area contributed by atoms with Gasteiger partial charge in [0.05, 0.1) is 22.3 Å². The second-order valence-corrected chi connectivity index (χ2v) is 10.8.